The number of esters is 1. The first kappa shape index (κ1) is 18.5. The third-order valence-corrected chi connectivity index (χ3v) is 3.04. The molecule has 3 N–H and O–H groups in total. The monoisotopic (exact) mass is 323 g/mol. The minimum atomic E-state index is -0.920. The highest BCUT2D eigenvalue weighted by atomic mass is 16.5. The molecule has 0 unspecified atom stereocenters. The lowest BCUT2D eigenvalue weighted by atomic mass is 10.1. The van der Waals surface area contributed by atoms with Crippen LogP contribution in [0.2, 0.25) is 0 Å². The first-order chi connectivity index (χ1) is 10.8. The lowest BCUT2D eigenvalue weighted by Crippen LogP contribution is -2.12. The number of rotatable bonds is 8. The summed E-state index contributed by atoms with van der Waals surface area (Å²) in [6.07, 6.45) is 1.49. The molecule has 0 bridgehead atoms. The van der Waals surface area contributed by atoms with E-state index in [1.807, 2.05) is 6.92 Å². The maximum atomic E-state index is 11.6. The Bertz CT molecular complexity index is 596. The van der Waals surface area contributed by atoms with Gasteiger partial charge in [-0.1, -0.05) is 13.0 Å². The molecule has 1 aromatic rings. The number of aliphatic carboxylic acids is 1. The van der Waals surface area contributed by atoms with E-state index in [0.717, 1.165) is 0 Å². The normalized spacial score (nSPS) is 10.2. The number of aryl methyl sites for hydroxylation is 1. The first-order valence-corrected chi connectivity index (χ1v) is 7.40. The van der Waals surface area contributed by atoms with Crippen molar-refractivity contribution in [3.05, 3.63) is 17.7 Å². The number of amides is 1. The smallest absolute Gasteiger partial charge is 0.311 e. The predicted molar refractivity (Wildman–Crippen MR) is 83.5 cm³/mol. The standard InChI is InChI=1S/C16H21NO6/c1-3-5-14(21)23-12-9-8-11(6-4-7-13(19)20)16(22)15(12)17-10(2)18/h8-9,22H,3-7H2,1-2H3,(H,17,18)(H,19,20). The average molecular weight is 323 g/mol. The van der Waals surface area contributed by atoms with Crippen LogP contribution in [0.15, 0.2) is 12.1 Å². The van der Waals surface area contributed by atoms with Crippen molar-refractivity contribution < 1.29 is 29.3 Å². The van der Waals surface area contributed by atoms with Crippen molar-refractivity contribution in [1.29, 1.82) is 0 Å². The summed E-state index contributed by atoms with van der Waals surface area (Å²) in [5, 5.41) is 21.4. The Hall–Kier alpha value is -2.57. The van der Waals surface area contributed by atoms with E-state index in [0.29, 0.717) is 24.8 Å². The minimum Gasteiger partial charge on any atom is -0.505 e. The van der Waals surface area contributed by atoms with Crippen LogP contribution in [-0.2, 0) is 20.8 Å². The van der Waals surface area contributed by atoms with Gasteiger partial charge in [-0.15, -0.1) is 0 Å². The summed E-state index contributed by atoms with van der Waals surface area (Å²) in [7, 11) is 0. The molecule has 1 aromatic carbocycles. The number of hydrogen-bond donors (Lipinski definition) is 3. The number of benzene rings is 1. The van der Waals surface area contributed by atoms with E-state index < -0.39 is 17.8 Å². The topological polar surface area (TPSA) is 113 Å². The van der Waals surface area contributed by atoms with Gasteiger partial charge in [-0.25, -0.2) is 0 Å². The van der Waals surface area contributed by atoms with Gasteiger partial charge in [0.25, 0.3) is 0 Å². The van der Waals surface area contributed by atoms with Crippen LogP contribution in [0.3, 0.4) is 0 Å². The average Bonchev–Trinajstić information content (AvgIpc) is 2.44. The number of hydrogen-bond acceptors (Lipinski definition) is 5. The van der Waals surface area contributed by atoms with Gasteiger partial charge < -0.3 is 20.3 Å². The zero-order chi connectivity index (χ0) is 17.4. The number of ether oxygens (including phenoxy) is 1. The van der Waals surface area contributed by atoms with Gasteiger partial charge in [-0.3, -0.25) is 14.4 Å². The molecule has 0 aliphatic heterocycles. The van der Waals surface area contributed by atoms with Crippen molar-refractivity contribution in [3.63, 3.8) is 0 Å². The van der Waals surface area contributed by atoms with Crippen molar-refractivity contribution >= 4 is 23.5 Å². The summed E-state index contributed by atoms with van der Waals surface area (Å²) in [6.45, 7) is 3.10. The number of anilines is 1. The van der Waals surface area contributed by atoms with E-state index in [1.165, 1.54) is 13.0 Å². The van der Waals surface area contributed by atoms with E-state index >= 15 is 0 Å². The lowest BCUT2D eigenvalue weighted by molar-refractivity contribution is -0.137. The van der Waals surface area contributed by atoms with Gasteiger partial charge in [0, 0.05) is 19.8 Å². The number of carbonyl (C=O) groups is 3. The van der Waals surface area contributed by atoms with Crippen LogP contribution in [0.4, 0.5) is 5.69 Å². The summed E-state index contributed by atoms with van der Waals surface area (Å²) >= 11 is 0. The zero-order valence-electron chi connectivity index (χ0n) is 13.2. The van der Waals surface area contributed by atoms with Gasteiger partial charge in [-0.2, -0.15) is 0 Å². The Labute approximate surface area is 134 Å². The van der Waals surface area contributed by atoms with Gasteiger partial charge >= 0.3 is 11.9 Å². The first-order valence-electron chi connectivity index (χ1n) is 7.40. The van der Waals surface area contributed by atoms with E-state index in [4.69, 9.17) is 9.84 Å². The van der Waals surface area contributed by atoms with E-state index in [9.17, 15) is 19.5 Å². The fourth-order valence-electron chi connectivity index (χ4n) is 2.01. The number of nitrogens with one attached hydrogen (secondary N) is 1. The molecular weight excluding hydrogens is 302 g/mol. The highest BCUT2D eigenvalue weighted by molar-refractivity contribution is 5.93. The Morgan fingerprint density at radius 2 is 1.91 bits per heavy atom. The van der Waals surface area contributed by atoms with Crippen LogP contribution in [0.1, 0.15) is 45.1 Å². The molecule has 0 spiro atoms. The van der Waals surface area contributed by atoms with Gasteiger partial charge in [0.05, 0.1) is 0 Å². The second-order valence-electron chi connectivity index (χ2n) is 5.10. The number of aromatic hydroxyl groups is 1. The van der Waals surface area contributed by atoms with Crippen LogP contribution < -0.4 is 10.1 Å². The molecule has 1 amide bonds. The van der Waals surface area contributed by atoms with Crippen LogP contribution in [-0.4, -0.2) is 28.1 Å². The molecule has 126 valence electrons. The highest BCUT2D eigenvalue weighted by Crippen LogP contribution is 2.38. The molecule has 0 aromatic heterocycles. The maximum Gasteiger partial charge on any atom is 0.311 e. The van der Waals surface area contributed by atoms with Gasteiger partial charge in [-0.05, 0) is 30.9 Å². The molecule has 1 rings (SSSR count). The van der Waals surface area contributed by atoms with Crippen LogP contribution in [0.5, 0.6) is 11.5 Å². The van der Waals surface area contributed by atoms with Crippen molar-refractivity contribution in [2.24, 2.45) is 0 Å². The van der Waals surface area contributed by atoms with Gasteiger partial charge in [0.1, 0.15) is 11.4 Å². The second-order valence-corrected chi connectivity index (χ2v) is 5.10. The van der Waals surface area contributed by atoms with E-state index in [-0.39, 0.29) is 30.0 Å². The number of phenols is 1. The Balaban J connectivity index is 3.02. The quantitative estimate of drug-likeness (QED) is 0.385. The number of carbonyl (C=O) groups excluding carboxylic acids is 2. The fraction of sp³-hybridized carbons (Fsp3) is 0.438. The van der Waals surface area contributed by atoms with Crippen molar-refractivity contribution in [2.75, 3.05) is 5.32 Å². The minimum absolute atomic E-state index is 0.0229. The largest absolute Gasteiger partial charge is 0.505 e. The van der Waals surface area contributed by atoms with Crippen molar-refractivity contribution in [1.82, 2.24) is 0 Å². The molecular formula is C16H21NO6. The van der Waals surface area contributed by atoms with E-state index in [2.05, 4.69) is 5.32 Å². The Morgan fingerprint density at radius 1 is 1.22 bits per heavy atom. The third-order valence-electron chi connectivity index (χ3n) is 3.04. The molecule has 0 atom stereocenters. The molecule has 0 radical (unpaired) electrons. The van der Waals surface area contributed by atoms with Crippen LogP contribution in [0, 0.1) is 0 Å². The summed E-state index contributed by atoms with van der Waals surface area (Å²) in [5.74, 6) is -1.95. The Morgan fingerprint density at radius 3 is 2.48 bits per heavy atom. The van der Waals surface area contributed by atoms with Gasteiger partial charge in [0.15, 0.2) is 5.75 Å². The second kappa shape index (κ2) is 8.77. The molecule has 7 nitrogen and oxygen atoms in total. The van der Waals surface area contributed by atoms with Gasteiger partial charge in [0.2, 0.25) is 5.91 Å². The molecule has 0 saturated carbocycles. The maximum absolute atomic E-state index is 11.6. The molecule has 23 heavy (non-hydrogen) atoms. The van der Waals surface area contributed by atoms with Crippen LogP contribution in [0.25, 0.3) is 0 Å². The number of carboxylic acids is 1. The lowest BCUT2D eigenvalue weighted by Gasteiger charge is -2.15. The van der Waals surface area contributed by atoms with E-state index in [1.54, 1.807) is 6.07 Å². The molecule has 0 fully saturated rings. The number of carboxylic acid groups (broad SMARTS) is 1. The fourth-order valence-corrected chi connectivity index (χ4v) is 2.01. The molecule has 0 heterocycles. The SMILES string of the molecule is CCCC(=O)Oc1ccc(CCCC(=O)O)c(O)c1NC(C)=O. The predicted octanol–water partition coefficient (Wildman–Crippen LogP) is 2.46. The van der Waals surface area contributed by atoms with Crippen molar-refractivity contribution in [3.8, 4) is 11.5 Å². The van der Waals surface area contributed by atoms with Crippen molar-refractivity contribution in [2.45, 2.75) is 46.0 Å². The number of phenolic OH excluding ortho intramolecular Hbond substituents is 1. The molecule has 7 heteroatoms. The summed E-state index contributed by atoms with van der Waals surface area (Å²) in [4.78, 5) is 33.5. The highest BCUT2D eigenvalue weighted by Gasteiger charge is 2.17. The summed E-state index contributed by atoms with van der Waals surface area (Å²) < 4.78 is 5.16. The van der Waals surface area contributed by atoms with Crippen LogP contribution >= 0.6 is 0 Å². The molecule has 0 saturated heterocycles. The molecule has 0 aliphatic carbocycles. The zero-order valence-corrected chi connectivity index (χ0v) is 13.2. The molecule has 0 aliphatic rings. The summed E-state index contributed by atoms with van der Waals surface area (Å²) in [6, 6.07) is 3.03. The summed E-state index contributed by atoms with van der Waals surface area (Å²) in [5.41, 5.74) is 0.500. The third kappa shape index (κ3) is 5.98. The Kier molecular flexibility index (Phi) is 7.05.